The average Bonchev–Trinajstić information content (AvgIpc) is 2.93. The molecule has 0 radical (unpaired) electrons. The lowest BCUT2D eigenvalue weighted by Crippen LogP contribution is -2.36. The van der Waals surface area contributed by atoms with E-state index in [1.807, 2.05) is 18.2 Å². The summed E-state index contributed by atoms with van der Waals surface area (Å²) in [4.78, 5) is 28.0. The zero-order valence-corrected chi connectivity index (χ0v) is 18.5. The van der Waals surface area contributed by atoms with Gasteiger partial charge in [-0.2, -0.15) is 0 Å². The van der Waals surface area contributed by atoms with E-state index in [1.165, 1.54) is 50.1 Å². The minimum atomic E-state index is -0.114. The summed E-state index contributed by atoms with van der Waals surface area (Å²) in [7, 11) is 2.11. The Labute approximate surface area is 177 Å². The molecule has 0 aromatic heterocycles. The number of rotatable bonds is 10. The van der Waals surface area contributed by atoms with E-state index in [0.717, 1.165) is 12.1 Å². The molecule has 0 unspecified atom stereocenters. The number of thioether (sulfide) groups is 1. The first-order valence-corrected chi connectivity index (χ1v) is 11.0. The number of nitrogens with zero attached hydrogens (tertiary/aromatic N) is 2. The van der Waals surface area contributed by atoms with Gasteiger partial charge >= 0.3 is 0 Å². The van der Waals surface area contributed by atoms with Crippen LogP contribution in [0.15, 0.2) is 29.2 Å². The predicted molar refractivity (Wildman–Crippen MR) is 122 cm³/mol. The molecule has 0 atom stereocenters. The molecule has 1 aliphatic heterocycles. The molecule has 1 N–H and O–H groups in total. The number of hydrogen-bond acceptors (Lipinski definition) is 5. The maximum absolute atomic E-state index is 12.6. The Balaban J connectivity index is 1.94. The van der Waals surface area contributed by atoms with Crippen molar-refractivity contribution in [3.8, 4) is 0 Å². The summed E-state index contributed by atoms with van der Waals surface area (Å²) in [5.41, 5.74) is 2.15. The molecule has 2 rings (SSSR count). The number of anilines is 1. The van der Waals surface area contributed by atoms with Crippen LogP contribution in [0.4, 0.5) is 5.69 Å². The third kappa shape index (κ3) is 6.63. The lowest BCUT2D eigenvalue weighted by Gasteiger charge is -2.19. The lowest BCUT2D eigenvalue weighted by atomic mass is 10.1. The third-order valence-electron chi connectivity index (χ3n) is 4.56. The number of benzene rings is 1. The van der Waals surface area contributed by atoms with E-state index in [1.54, 1.807) is 4.90 Å². The Kier molecular flexibility index (Phi) is 8.99. The molecule has 0 aliphatic carbocycles. The fourth-order valence-corrected chi connectivity index (χ4v) is 4.23. The Hall–Kier alpha value is -1.86. The van der Waals surface area contributed by atoms with Crippen molar-refractivity contribution in [1.29, 1.82) is 0 Å². The van der Waals surface area contributed by atoms with Crippen molar-refractivity contribution < 1.29 is 9.59 Å². The van der Waals surface area contributed by atoms with Gasteiger partial charge in [-0.1, -0.05) is 62.3 Å². The number of hydrogen-bond donors (Lipinski definition) is 1. The number of carbonyl (C=O) groups is 2. The summed E-state index contributed by atoms with van der Waals surface area (Å²) in [6.45, 7) is 5.51. The predicted octanol–water partition coefficient (Wildman–Crippen LogP) is 4.04. The molecule has 0 bridgehead atoms. The van der Waals surface area contributed by atoms with Gasteiger partial charge in [-0.25, -0.2) is 0 Å². The largest absolute Gasteiger partial charge is 0.375 e. The molecule has 1 aromatic carbocycles. The van der Waals surface area contributed by atoms with E-state index in [4.69, 9.17) is 12.2 Å². The van der Waals surface area contributed by atoms with Crippen LogP contribution < -0.4 is 10.2 Å². The minimum absolute atomic E-state index is 0.0996. The zero-order chi connectivity index (χ0) is 20.5. The summed E-state index contributed by atoms with van der Waals surface area (Å²) in [6, 6.07) is 8.23. The first-order valence-electron chi connectivity index (χ1n) is 9.73. The van der Waals surface area contributed by atoms with Crippen molar-refractivity contribution in [1.82, 2.24) is 10.2 Å². The number of amides is 2. The monoisotopic (exact) mass is 419 g/mol. The highest BCUT2D eigenvalue weighted by Crippen LogP contribution is 2.32. The normalized spacial score (nSPS) is 15.4. The van der Waals surface area contributed by atoms with E-state index >= 15 is 0 Å². The molecule has 0 saturated carbocycles. The molecule has 5 nitrogen and oxygen atoms in total. The van der Waals surface area contributed by atoms with E-state index in [-0.39, 0.29) is 11.8 Å². The first kappa shape index (κ1) is 22.4. The van der Waals surface area contributed by atoms with Crippen LogP contribution in [0.3, 0.4) is 0 Å². The van der Waals surface area contributed by atoms with Gasteiger partial charge in [-0.05, 0) is 30.2 Å². The molecule has 1 aromatic rings. The van der Waals surface area contributed by atoms with Gasteiger partial charge in [0.05, 0.1) is 4.91 Å². The van der Waals surface area contributed by atoms with E-state index in [0.29, 0.717) is 22.3 Å². The molecule has 152 valence electrons. The van der Waals surface area contributed by atoms with Crippen LogP contribution in [0.2, 0.25) is 0 Å². The SMILES string of the molecule is CCCCCCN(C)c1ccc(/C=C2\SC(=S)N(CCNC(C)=O)C2=O)cc1. The fraction of sp³-hybridized carbons (Fsp3) is 0.476. The van der Waals surface area contributed by atoms with Gasteiger partial charge in [0.2, 0.25) is 5.91 Å². The molecular formula is C21H29N3O2S2. The van der Waals surface area contributed by atoms with Gasteiger partial charge in [-0.3, -0.25) is 14.5 Å². The summed E-state index contributed by atoms with van der Waals surface area (Å²) < 4.78 is 0.532. The summed E-state index contributed by atoms with van der Waals surface area (Å²) >= 11 is 6.62. The van der Waals surface area contributed by atoms with Gasteiger partial charge in [0.1, 0.15) is 4.32 Å². The first-order chi connectivity index (χ1) is 13.4. The average molecular weight is 420 g/mol. The summed E-state index contributed by atoms with van der Waals surface area (Å²) in [5, 5.41) is 2.69. The second-order valence-corrected chi connectivity index (χ2v) is 8.57. The van der Waals surface area contributed by atoms with Crippen molar-refractivity contribution in [2.45, 2.75) is 39.5 Å². The highest BCUT2D eigenvalue weighted by atomic mass is 32.2. The third-order valence-corrected chi connectivity index (χ3v) is 5.94. The van der Waals surface area contributed by atoms with Crippen LogP contribution in [0.1, 0.15) is 45.1 Å². The number of unbranched alkanes of at least 4 members (excludes halogenated alkanes) is 3. The van der Waals surface area contributed by atoms with Crippen LogP contribution in [-0.2, 0) is 9.59 Å². The highest BCUT2D eigenvalue weighted by Gasteiger charge is 2.31. The smallest absolute Gasteiger partial charge is 0.266 e. The van der Waals surface area contributed by atoms with Crippen molar-refractivity contribution in [3.05, 3.63) is 34.7 Å². The van der Waals surface area contributed by atoms with Gasteiger partial charge in [-0.15, -0.1) is 0 Å². The maximum atomic E-state index is 12.6. The van der Waals surface area contributed by atoms with Crippen molar-refractivity contribution >= 4 is 51.9 Å². The van der Waals surface area contributed by atoms with Crippen molar-refractivity contribution in [2.24, 2.45) is 0 Å². The zero-order valence-electron chi connectivity index (χ0n) is 16.9. The quantitative estimate of drug-likeness (QED) is 0.352. The van der Waals surface area contributed by atoms with Crippen LogP contribution in [-0.4, -0.2) is 47.7 Å². The molecule has 1 fully saturated rings. The van der Waals surface area contributed by atoms with Crippen LogP contribution in [0.5, 0.6) is 0 Å². The molecule has 1 heterocycles. The van der Waals surface area contributed by atoms with Gasteiger partial charge in [0, 0.05) is 39.3 Å². The standard InChI is InChI=1S/C21H29N3O2S2/c1-4-5-6-7-13-23(3)18-10-8-17(9-11-18)15-19-20(26)24(21(27)28-19)14-12-22-16(2)25/h8-11,15H,4-7,12-14H2,1-3H3,(H,22,25)/b19-15-. The molecule has 1 saturated heterocycles. The number of nitrogens with one attached hydrogen (secondary N) is 1. The second kappa shape index (κ2) is 11.2. The molecule has 1 aliphatic rings. The molecular weight excluding hydrogens is 390 g/mol. The van der Waals surface area contributed by atoms with Crippen LogP contribution in [0, 0.1) is 0 Å². The second-order valence-electron chi connectivity index (χ2n) is 6.89. The Bertz CT molecular complexity index is 732. The Morgan fingerprint density at radius 1 is 1.25 bits per heavy atom. The van der Waals surface area contributed by atoms with E-state index < -0.39 is 0 Å². The van der Waals surface area contributed by atoms with E-state index in [9.17, 15) is 9.59 Å². The summed E-state index contributed by atoms with van der Waals surface area (Å²) in [6.07, 6.45) is 6.88. The topological polar surface area (TPSA) is 52.6 Å². The van der Waals surface area contributed by atoms with Crippen molar-refractivity contribution in [3.63, 3.8) is 0 Å². The minimum Gasteiger partial charge on any atom is -0.375 e. The molecule has 0 spiro atoms. The van der Waals surface area contributed by atoms with Gasteiger partial charge < -0.3 is 10.2 Å². The van der Waals surface area contributed by atoms with Gasteiger partial charge in [0.15, 0.2) is 0 Å². The maximum Gasteiger partial charge on any atom is 0.266 e. The lowest BCUT2D eigenvalue weighted by molar-refractivity contribution is -0.123. The van der Waals surface area contributed by atoms with E-state index in [2.05, 4.69) is 36.3 Å². The molecule has 7 heteroatoms. The Morgan fingerprint density at radius 2 is 1.96 bits per heavy atom. The van der Waals surface area contributed by atoms with Gasteiger partial charge in [0.25, 0.3) is 5.91 Å². The van der Waals surface area contributed by atoms with Crippen LogP contribution >= 0.6 is 24.0 Å². The molecule has 2 amide bonds. The summed E-state index contributed by atoms with van der Waals surface area (Å²) in [5.74, 6) is -0.214. The number of carbonyl (C=O) groups excluding carboxylic acids is 2. The number of thiocarbonyl (C=S) groups is 1. The molecule has 28 heavy (non-hydrogen) atoms. The fourth-order valence-electron chi connectivity index (χ4n) is 2.92. The highest BCUT2D eigenvalue weighted by molar-refractivity contribution is 8.26. The Morgan fingerprint density at radius 3 is 2.61 bits per heavy atom. The van der Waals surface area contributed by atoms with Crippen LogP contribution in [0.25, 0.3) is 6.08 Å². The van der Waals surface area contributed by atoms with Crippen molar-refractivity contribution in [2.75, 3.05) is 31.6 Å².